The van der Waals surface area contributed by atoms with Crippen LogP contribution in [0.15, 0.2) is 102 Å². The molecule has 0 amide bonds. The van der Waals surface area contributed by atoms with Crippen molar-refractivity contribution in [3.8, 4) is 11.5 Å². The Morgan fingerprint density at radius 2 is 1.59 bits per heavy atom. The van der Waals surface area contributed by atoms with Crippen molar-refractivity contribution < 1.29 is 14.7 Å². The SMILES string of the molecule is COc1cccc(C2ON=C(N(c3ccccc3)c3ccccc3)C2CNc2ccc(Cl)cc2Cl)c1O. The van der Waals surface area contributed by atoms with Gasteiger partial charge in [-0.3, -0.25) is 4.90 Å². The number of nitrogens with one attached hydrogen (secondary N) is 1. The van der Waals surface area contributed by atoms with Gasteiger partial charge in [0.25, 0.3) is 0 Å². The number of phenolic OH excluding ortho intramolecular Hbond substituents is 1. The van der Waals surface area contributed by atoms with E-state index in [0.29, 0.717) is 33.7 Å². The van der Waals surface area contributed by atoms with Crippen molar-refractivity contribution >= 4 is 46.1 Å². The van der Waals surface area contributed by atoms with Crippen molar-refractivity contribution in [1.82, 2.24) is 0 Å². The van der Waals surface area contributed by atoms with Crippen LogP contribution in [-0.2, 0) is 4.84 Å². The smallest absolute Gasteiger partial charge is 0.168 e. The first-order chi connectivity index (χ1) is 18.1. The molecule has 0 fully saturated rings. The second kappa shape index (κ2) is 11.0. The van der Waals surface area contributed by atoms with Crippen LogP contribution in [0.2, 0.25) is 10.0 Å². The van der Waals surface area contributed by atoms with Gasteiger partial charge < -0.3 is 20.0 Å². The van der Waals surface area contributed by atoms with E-state index in [2.05, 4.69) is 15.4 Å². The number of para-hydroxylation sites is 3. The van der Waals surface area contributed by atoms with E-state index in [1.807, 2.05) is 78.9 Å². The van der Waals surface area contributed by atoms with Crippen LogP contribution in [0.25, 0.3) is 0 Å². The lowest BCUT2D eigenvalue weighted by Crippen LogP contribution is -2.36. The molecule has 2 atom stereocenters. The molecule has 0 spiro atoms. The zero-order valence-corrected chi connectivity index (χ0v) is 21.5. The number of hydrogen-bond acceptors (Lipinski definition) is 6. The van der Waals surface area contributed by atoms with Crippen LogP contribution in [0.4, 0.5) is 17.1 Å². The van der Waals surface area contributed by atoms with E-state index in [1.165, 1.54) is 7.11 Å². The van der Waals surface area contributed by atoms with Crippen molar-refractivity contribution in [2.45, 2.75) is 6.10 Å². The quantitative estimate of drug-likeness (QED) is 0.255. The van der Waals surface area contributed by atoms with Gasteiger partial charge in [-0.2, -0.15) is 0 Å². The summed E-state index contributed by atoms with van der Waals surface area (Å²) >= 11 is 12.5. The minimum Gasteiger partial charge on any atom is -0.504 e. The fourth-order valence-corrected chi connectivity index (χ4v) is 4.90. The third kappa shape index (κ3) is 5.17. The van der Waals surface area contributed by atoms with E-state index in [0.717, 1.165) is 17.1 Å². The van der Waals surface area contributed by atoms with Gasteiger partial charge in [-0.25, -0.2) is 0 Å². The number of benzene rings is 4. The number of aromatic hydroxyl groups is 1. The van der Waals surface area contributed by atoms with Crippen LogP contribution in [0, 0.1) is 5.92 Å². The normalized spacial score (nSPS) is 16.6. The highest BCUT2D eigenvalue weighted by Gasteiger charge is 2.41. The van der Waals surface area contributed by atoms with Crippen LogP contribution >= 0.6 is 23.2 Å². The number of ether oxygens (including phenoxy) is 1. The molecule has 0 radical (unpaired) electrons. The summed E-state index contributed by atoms with van der Waals surface area (Å²) in [6, 6.07) is 30.6. The van der Waals surface area contributed by atoms with Crippen LogP contribution in [0.1, 0.15) is 11.7 Å². The largest absolute Gasteiger partial charge is 0.504 e. The fraction of sp³-hybridized carbons (Fsp3) is 0.138. The molecule has 0 aliphatic carbocycles. The number of amidine groups is 1. The highest BCUT2D eigenvalue weighted by molar-refractivity contribution is 6.36. The Morgan fingerprint density at radius 1 is 0.919 bits per heavy atom. The van der Waals surface area contributed by atoms with E-state index in [9.17, 15) is 5.11 Å². The van der Waals surface area contributed by atoms with Crippen LogP contribution < -0.4 is 15.0 Å². The van der Waals surface area contributed by atoms with Gasteiger partial charge >= 0.3 is 0 Å². The number of anilines is 3. The van der Waals surface area contributed by atoms with Gasteiger partial charge in [-0.15, -0.1) is 0 Å². The van der Waals surface area contributed by atoms with Gasteiger partial charge in [-0.05, 0) is 48.5 Å². The molecule has 1 aliphatic rings. The molecule has 0 aromatic heterocycles. The van der Waals surface area contributed by atoms with Gasteiger partial charge in [0.05, 0.1) is 23.7 Å². The number of nitrogens with zero attached hydrogens (tertiary/aromatic N) is 2. The maximum atomic E-state index is 11.0. The van der Waals surface area contributed by atoms with Gasteiger partial charge in [-0.1, -0.05) is 76.9 Å². The number of phenols is 1. The van der Waals surface area contributed by atoms with Gasteiger partial charge in [0.1, 0.15) is 0 Å². The number of oxime groups is 1. The number of hydrogen-bond donors (Lipinski definition) is 2. The summed E-state index contributed by atoms with van der Waals surface area (Å²) in [5, 5.41) is 20.0. The van der Waals surface area contributed by atoms with Crippen molar-refractivity contribution in [3.05, 3.63) is 113 Å². The predicted octanol–water partition coefficient (Wildman–Crippen LogP) is 7.66. The first-order valence-corrected chi connectivity index (χ1v) is 12.5. The first-order valence-electron chi connectivity index (χ1n) is 11.8. The Balaban J connectivity index is 1.57. The van der Waals surface area contributed by atoms with E-state index in [-0.39, 0.29) is 11.7 Å². The topological polar surface area (TPSA) is 66.3 Å². The van der Waals surface area contributed by atoms with Crippen molar-refractivity contribution in [2.24, 2.45) is 11.1 Å². The van der Waals surface area contributed by atoms with Crippen LogP contribution in [-0.4, -0.2) is 24.6 Å². The standard InChI is InChI=1S/C29H25Cl2N3O3/c1-36-26-14-8-13-22(27(26)35)28-23(18-32-25-16-15-19(30)17-24(25)31)29(33-37-28)34(20-9-4-2-5-10-20)21-11-6-3-7-12-21/h2-17,23,28,32,35H,18H2,1H3. The average Bonchev–Trinajstić information content (AvgIpc) is 3.32. The highest BCUT2D eigenvalue weighted by Crippen LogP contribution is 2.44. The monoisotopic (exact) mass is 533 g/mol. The second-order valence-electron chi connectivity index (χ2n) is 8.49. The Morgan fingerprint density at radius 3 is 2.22 bits per heavy atom. The summed E-state index contributed by atoms with van der Waals surface area (Å²) in [7, 11) is 1.52. The molecule has 0 saturated heterocycles. The van der Waals surface area contributed by atoms with E-state index in [1.54, 1.807) is 18.2 Å². The maximum absolute atomic E-state index is 11.0. The molecule has 6 nitrogen and oxygen atoms in total. The summed E-state index contributed by atoms with van der Waals surface area (Å²) < 4.78 is 5.35. The molecular weight excluding hydrogens is 509 g/mol. The van der Waals surface area contributed by atoms with Gasteiger partial charge in [0.2, 0.25) is 0 Å². The predicted molar refractivity (Wildman–Crippen MR) is 149 cm³/mol. The molecule has 188 valence electrons. The van der Waals surface area contributed by atoms with Crippen LogP contribution in [0.3, 0.4) is 0 Å². The molecule has 8 heteroatoms. The zero-order chi connectivity index (χ0) is 25.8. The van der Waals surface area contributed by atoms with E-state index in [4.69, 9.17) is 32.8 Å². The van der Waals surface area contributed by atoms with Crippen LogP contribution in [0.5, 0.6) is 11.5 Å². The third-order valence-corrected chi connectivity index (χ3v) is 6.76. The minimum atomic E-state index is -0.585. The van der Waals surface area contributed by atoms with Crippen molar-refractivity contribution in [1.29, 1.82) is 0 Å². The van der Waals surface area contributed by atoms with Crippen molar-refractivity contribution in [2.75, 3.05) is 23.9 Å². The van der Waals surface area contributed by atoms with Crippen molar-refractivity contribution in [3.63, 3.8) is 0 Å². The number of halogens is 2. The Kier molecular flexibility index (Phi) is 7.40. The molecule has 4 aromatic carbocycles. The Hall–Kier alpha value is -3.87. The van der Waals surface area contributed by atoms with E-state index >= 15 is 0 Å². The zero-order valence-electron chi connectivity index (χ0n) is 20.0. The molecule has 0 saturated carbocycles. The molecule has 1 aliphatic heterocycles. The molecule has 2 N–H and O–H groups in total. The lowest BCUT2D eigenvalue weighted by molar-refractivity contribution is 0.0619. The summed E-state index contributed by atoms with van der Waals surface area (Å²) in [6.07, 6.45) is -0.585. The van der Waals surface area contributed by atoms with Gasteiger partial charge in [0.15, 0.2) is 23.4 Å². The summed E-state index contributed by atoms with van der Waals surface area (Å²) in [5.41, 5.74) is 3.17. The molecule has 1 heterocycles. The molecule has 5 rings (SSSR count). The lowest BCUT2D eigenvalue weighted by atomic mass is 9.92. The van der Waals surface area contributed by atoms with E-state index < -0.39 is 6.10 Å². The lowest BCUT2D eigenvalue weighted by Gasteiger charge is -2.29. The summed E-state index contributed by atoms with van der Waals surface area (Å²) in [5.74, 6) is 0.754. The summed E-state index contributed by atoms with van der Waals surface area (Å²) in [6.45, 7) is 0.414. The highest BCUT2D eigenvalue weighted by atomic mass is 35.5. The number of rotatable bonds is 7. The molecular formula is C29H25Cl2N3O3. The third-order valence-electron chi connectivity index (χ3n) is 6.21. The minimum absolute atomic E-state index is 0.0203. The van der Waals surface area contributed by atoms with Gasteiger partial charge in [0, 0.05) is 28.5 Å². The summed E-state index contributed by atoms with van der Waals surface area (Å²) in [4.78, 5) is 8.11. The average molecular weight is 534 g/mol. The second-order valence-corrected chi connectivity index (χ2v) is 9.34. The fourth-order valence-electron chi connectivity index (χ4n) is 4.42. The first kappa shape index (κ1) is 24.8. The number of methoxy groups -OCH3 is 1. The molecule has 4 aromatic rings. The Labute approximate surface area is 225 Å². The Bertz CT molecular complexity index is 1360. The molecule has 0 bridgehead atoms. The molecule has 37 heavy (non-hydrogen) atoms. The maximum Gasteiger partial charge on any atom is 0.168 e. The molecule has 2 unspecified atom stereocenters.